The molecular formula is C15H28N4O2P+. The van der Waals surface area contributed by atoms with Gasteiger partial charge in [-0.1, -0.05) is 27.7 Å². The van der Waals surface area contributed by atoms with Gasteiger partial charge in [-0.05, 0) is 11.8 Å². The van der Waals surface area contributed by atoms with Crippen molar-refractivity contribution in [2.24, 2.45) is 11.8 Å². The standard InChI is InChI=1S/C15H27N4O2P/c1-10(2)12-8-16(5)14-7-15-17(6)9-13(11(3)4)19(15)22(20,21)18(12)14/h7,10-13H,8-9H2,1-6H3/p+1/t12-,13-/m1/s1. The van der Waals surface area contributed by atoms with Crippen molar-refractivity contribution < 1.29 is 14.0 Å². The van der Waals surface area contributed by atoms with E-state index in [0.717, 1.165) is 24.7 Å². The van der Waals surface area contributed by atoms with Crippen LogP contribution in [0, 0.1) is 11.8 Å². The second-order valence-electron chi connectivity index (χ2n) is 7.45. The lowest BCUT2D eigenvalue weighted by Crippen LogP contribution is -2.46. The summed E-state index contributed by atoms with van der Waals surface area (Å²) in [6.07, 6.45) is 2.08. The molecule has 3 aliphatic rings. The molecule has 0 aliphatic carbocycles. The highest BCUT2D eigenvalue weighted by Crippen LogP contribution is 2.60. The van der Waals surface area contributed by atoms with Gasteiger partial charge < -0.3 is 4.90 Å². The van der Waals surface area contributed by atoms with Crippen molar-refractivity contribution >= 4 is 13.5 Å². The summed E-state index contributed by atoms with van der Waals surface area (Å²) in [6, 6.07) is 0.153. The van der Waals surface area contributed by atoms with E-state index in [1.807, 2.05) is 14.1 Å². The number of rotatable bonds is 2. The number of fused-ring (bicyclic) bond motifs is 2. The van der Waals surface area contributed by atoms with E-state index in [2.05, 4.69) is 43.2 Å². The first-order valence-electron chi connectivity index (χ1n) is 8.09. The largest absolute Gasteiger partial charge is 0.482 e. The van der Waals surface area contributed by atoms with Crippen molar-refractivity contribution in [2.45, 2.75) is 39.8 Å². The highest BCUT2D eigenvalue weighted by molar-refractivity contribution is 7.54. The Kier molecular flexibility index (Phi) is 3.61. The maximum absolute atomic E-state index is 13.5. The van der Waals surface area contributed by atoms with E-state index in [0.29, 0.717) is 11.8 Å². The zero-order valence-corrected chi connectivity index (χ0v) is 15.3. The SMILES string of the molecule is CC(C)[C@H]1CN(C)C2=CC3=[N+](C)C[C@H](C(C)C)N3P(=O)(O)N21. The Balaban J connectivity index is 2.14. The van der Waals surface area contributed by atoms with Gasteiger partial charge in [0, 0.05) is 13.6 Å². The number of hydrogen-bond donors (Lipinski definition) is 1. The zero-order chi connectivity index (χ0) is 16.4. The van der Waals surface area contributed by atoms with Crippen molar-refractivity contribution in [3.05, 3.63) is 11.9 Å². The summed E-state index contributed by atoms with van der Waals surface area (Å²) in [6.45, 7) is 10.1. The Hall–Kier alpha value is -1.00. The normalized spacial score (nSPS) is 34.8. The lowest BCUT2D eigenvalue weighted by atomic mass is 10.1. The van der Waals surface area contributed by atoms with E-state index in [1.54, 1.807) is 9.34 Å². The Bertz CT molecular complexity index is 598. The van der Waals surface area contributed by atoms with Crippen LogP contribution in [0.15, 0.2) is 11.9 Å². The molecule has 0 aromatic rings. The minimum absolute atomic E-state index is 0.0763. The van der Waals surface area contributed by atoms with Crippen LogP contribution in [0.4, 0.5) is 0 Å². The van der Waals surface area contributed by atoms with Gasteiger partial charge in [0.2, 0.25) is 0 Å². The van der Waals surface area contributed by atoms with Crippen molar-refractivity contribution in [2.75, 3.05) is 27.2 Å². The molecule has 1 fully saturated rings. The molecule has 0 aromatic heterocycles. The van der Waals surface area contributed by atoms with Crippen LogP contribution in [0.1, 0.15) is 27.7 Å². The molecule has 6 nitrogen and oxygen atoms in total. The quantitative estimate of drug-likeness (QED) is 0.617. The van der Waals surface area contributed by atoms with E-state index < -0.39 is 7.67 Å². The highest BCUT2D eigenvalue weighted by atomic mass is 31.2. The van der Waals surface area contributed by atoms with Crippen LogP contribution in [-0.2, 0) is 4.57 Å². The van der Waals surface area contributed by atoms with E-state index in [4.69, 9.17) is 0 Å². The summed E-state index contributed by atoms with van der Waals surface area (Å²) in [5.41, 5.74) is 0. The lowest BCUT2D eigenvalue weighted by molar-refractivity contribution is -0.490. The Morgan fingerprint density at radius 3 is 2.36 bits per heavy atom. The van der Waals surface area contributed by atoms with E-state index in [1.165, 1.54) is 0 Å². The first-order valence-corrected chi connectivity index (χ1v) is 9.66. The molecule has 22 heavy (non-hydrogen) atoms. The fraction of sp³-hybridized carbons (Fsp3) is 0.800. The topological polar surface area (TPSA) is 50.0 Å². The number of likely N-dealkylation sites (N-methyl/N-ethyl adjacent to an activating group) is 2. The van der Waals surface area contributed by atoms with Crippen LogP contribution in [0.2, 0.25) is 0 Å². The van der Waals surface area contributed by atoms with Gasteiger partial charge >= 0.3 is 7.67 Å². The van der Waals surface area contributed by atoms with Gasteiger partial charge in [0.1, 0.15) is 18.4 Å². The monoisotopic (exact) mass is 327 g/mol. The molecule has 0 amide bonds. The average molecular weight is 327 g/mol. The van der Waals surface area contributed by atoms with Crippen LogP contribution in [-0.4, -0.2) is 68.8 Å². The minimum atomic E-state index is -3.61. The van der Waals surface area contributed by atoms with Gasteiger partial charge in [-0.15, -0.1) is 0 Å². The molecule has 0 aromatic carbocycles. The maximum atomic E-state index is 13.5. The molecule has 0 bridgehead atoms. The molecule has 0 radical (unpaired) electrons. The summed E-state index contributed by atoms with van der Waals surface area (Å²) in [5.74, 6) is 2.42. The Labute approximate surface area is 133 Å². The average Bonchev–Trinajstić information content (AvgIpc) is 2.91. The van der Waals surface area contributed by atoms with Gasteiger partial charge in [0.05, 0.1) is 19.2 Å². The summed E-state index contributed by atoms with van der Waals surface area (Å²) >= 11 is 0. The van der Waals surface area contributed by atoms with Crippen molar-refractivity contribution in [3.63, 3.8) is 0 Å². The van der Waals surface area contributed by atoms with Crippen molar-refractivity contribution in [1.82, 2.24) is 14.2 Å². The third kappa shape index (κ3) is 2.04. The Morgan fingerprint density at radius 1 is 1.23 bits per heavy atom. The fourth-order valence-electron chi connectivity index (χ4n) is 3.80. The van der Waals surface area contributed by atoms with E-state index >= 15 is 0 Å². The van der Waals surface area contributed by atoms with Gasteiger partial charge in [-0.25, -0.2) is 9.24 Å². The maximum Gasteiger partial charge on any atom is 0.482 e. The van der Waals surface area contributed by atoms with Crippen LogP contribution in [0.3, 0.4) is 0 Å². The predicted molar refractivity (Wildman–Crippen MR) is 87.5 cm³/mol. The predicted octanol–water partition coefficient (Wildman–Crippen LogP) is 1.59. The van der Waals surface area contributed by atoms with Gasteiger partial charge in [0.25, 0.3) is 5.84 Å². The molecular weight excluding hydrogens is 299 g/mol. The minimum Gasteiger partial charge on any atom is -0.359 e. The summed E-state index contributed by atoms with van der Waals surface area (Å²) in [4.78, 5) is 13.2. The molecule has 3 heterocycles. The van der Waals surface area contributed by atoms with E-state index in [-0.39, 0.29) is 12.1 Å². The van der Waals surface area contributed by atoms with E-state index in [9.17, 15) is 9.46 Å². The molecule has 3 atom stereocenters. The van der Waals surface area contributed by atoms with Crippen molar-refractivity contribution in [1.29, 1.82) is 0 Å². The number of amidine groups is 1. The molecule has 1 saturated heterocycles. The first kappa shape index (κ1) is 15.9. The number of nitrogens with zero attached hydrogens (tertiary/aromatic N) is 4. The Morgan fingerprint density at radius 2 is 1.82 bits per heavy atom. The zero-order valence-electron chi connectivity index (χ0n) is 14.4. The second-order valence-corrected chi connectivity index (χ2v) is 9.34. The van der Waals surface area contributed by atoms with Gasteiger partial charge in [-0.3, -0.25) is 9.47 Å². The third-order valence-corrected chi connectivity index (χ3v) is 7.29. The molecule has 3 rings (SSSR count). The second kappa shape index (κ2) is 5.00. The van der Waals surface area contributed by atoms with Crippen molar-refractivity contribution in [3.8, 4) is 0 Å². The summed E-state index contributed by atoms with van der Waals surface area (Å²) in [7, 11) is 0.402. The summed E-state index contributed by atoms with van der Waals surface area (Å²) in [5, 5.41) is 0. The third-order valence-electron chi connectivity index (χ3n) is 5.16. The summed E-state index contributed by atoms with van der Waals surface area (Å²) < 4.78 is 19.2. The molecule has 124 valence electrons. The lowest BCUT2D eigenvalue weighted by Gasteiger charge is -2.38. The van der Waals surface area contributed by atoms with Crippen LogP contribution >= 0.6 is 7.67 Å². The van der Waals surface area contributed by atoms with Gasteiger partial charge in [0.15, 0.2) is 0 Å². The molecule has 0 saturated carbocycles. The molecule has 1 unspecified atom stereocenters. The highest BCUT2D eigenvalue weighted by Gasteiger charge is 2.60. The molecule has 1 N–H and O–H groups in total. The molecule has 3 aliphatic heterocycles. The van der Waals surface area contributed by atoms with Gasteiger partial charge in [-0.2, -0.15) is 4.67 Å². The first-order chi connectivity index (χ1) is 10.2. The number of hydrogen-bond acceptors (Lipinski definition) is 2. The van der Waals surface area contributed by atoms with Crippen LogP contribution < -0.4 is 0 Å². The molecule has 0 spiro atoms. The smallest absolute Gasteiger partial charge is 0.359 e. The van der Waals surface area contributed by atoms with Crippen LogP contribution in [0.25, 0.3) is 0 Å². The molecule has 7 heteroatoms. The van der Waals surface area contributed by atoms with Crippen LogP contribution in [0.5, 0.6) is 0 Å². The fourth-order valence-corrected chi connectivity index (χ4v) is 6.42.